The molecule has 13 aromatic rings. The fourth-order valence-corrected chi connectivity index (χ4v) is 17.0. The van der Waals surface area contributed by atoms with Gasteiger partial charge in [0.1, 0.15) is 10.8 Å². The van der Waals surface area contributed by atoms with Crippen LogP contribution in [0.4, 0.5) is 52.7 Å². The van der Waals surface area contributed by atoms with Crippen molar-refractivity contribution in [2.24, 2.45) is 0 Å². The van der Waals surface area contributed by atoms with E-state index in [0.29, 0.717) is 87.6 Å². The molecule has 0 amide bonds. The molecular formula is C80H48F12. The van der Waals surface area contributed by atoms with Gasteiger partial charge in [0.25, 0.3) is 0 Å². The van der Waals surface area contributed by atoms with Gasteiger partial charge < -0.3 is 0 Å². The van der Waals surface area contributed by atoms with E-state index < -0.39 is 57.5 Å². The standard InChI is InChI=1S/C80H48F12/c1-73(2)59-25-9-5-17-51(59)69-47(21-13-29-63(69)73)41-33-45-34-42(48-22-14-30-64-70(48)52-18-6-10-26-60(52)74(64,3)77(81,82)83)39-57-58-40-44(50-24-16-32-66-72(50)54-20-8-12-28-62(54)76(66,79(87,88)89)80(90,91)92)36-46-35-43(38-56(68(46)58)55(37-41)67(45)57)49-23-15-31-65-71(49)53-19-7-11-27-61(53)75(65,4)78(84,85)86/h5-40H,1-4H3. The molecule has 0 spiro atoms. The molecule has 13 aromatic carbocycles. The van der Waals surface area contributed by atoms with Gasteiger partial charge in [-0.25, -0.2) is 0 Å². The Bertz CT molecular complexity index is 5410. The Morgan fingerprint density at radius 3 is 0.859 bits per heavy atom. The SMILES string of the molecule is CC1(C)c2ccccc2-c2c(-c3cc4cc(-c5cccc6c5-c5ccccc5C6(C)C(F)(F)F)cc5c6cc(-c7cccc8c7-c7ccccc7C8(C(F)(F)F)C(F)(F)F)cc7cc(-c8cccc9c8-c8ccccc8C9(C)C(F)(F)F)cc(c(c3)c45)c76)cccc21. The van der Waals surface area contributed by atoms with Crippen LogP contribution in [0.1, 0.15) is 72.2 Å². The summed E-state index contributed by atoms with van der Waals surface area (Å²) in [6.07, 6.45) is -21.2. The van der Waals surface area contributed by atoms with Crippen LogP contribution in [-0.2, 0) is 21.7 Å². The van der Waals surface area contributed by atoms with E-state index >= 15 is 52.7 Å². The van der Waals surface area contributed by atoms with Gasteiger partial charge in [0, 0.05) is 5.41 Å². The third-order valence-corrected chi connectivity index (χ3v) is 21.3. The highest BCUT2D eigenvalue weighted by atomic mass is 19.4. The first-order valence-electron chi connectivity index (χ1n) is 30.2. The third kappa shape index (κ3) is 6.92. The third-order valence-electron chi connectivity index (χ3n) is 21.3. The number of hydrogen-bond acceptors (Lipinski definition) is 0. The Morgan fingerprint density at radius 1 is 0.239 bits per heavy atom. The van der Waals surface area contributed by atoms with E-state index in [2.05, 4.69) is 50.2 Å². The predicted molar refractivity (Wildman–Crippen MR) is 341 cm³/mol. The lowest BCUT2D eigenvalue weighted by Crippen LogP contribution is -2.53. The largest absolute Gasteiger partial charge is 0.411 e. The minimum atomic E-state index is -5.86. The van der Waals surface area contributed by atoms with Crippen LogP contribution in [0.5, 0.6) is 0 Å². The highest BCUT2D eigenvalue weighted by molar-refractivity contribution is 6.35. The van der Waals surface area contributed by atoms with Crippen molar-refractivity contribution in [1.82, 2.24) is 0 Å². The molecule has 0 aliphatic heterocycles. The van der Waals surface area contributed by atoms with Gasteiger partial charge in [0.05, 0.1) is 0 Å². The maximum atomic E-state index is 15.9. The van der Waals surface area contributed by atoms with Crippen LogP contribution >= 0.6 is 0 Å². The molecule has 0 heterocycles. The number of hydrogen-bond donors (Lipinski definition) is 0. The topological polar surface area (TPSA) is 0 Å². The Hall–Kier alpha value is -9.68. The molecular weight excluding hydrogens is 1190 g/mol. The maximum absolute atomic E-state index is 15.9. The summed E-state index contributed by atoms with van der Waals surface area (Å²) >= 11 is 0. The first-order chi connectivity index (χ1) is 43.7. The van der Waals surface area contributed by atoms with Gasteiger partial charge in [-0.1, -0.05) is 184 Å². The highest BCUT2D eigenvalue weighted by Gasteiger charge is 2.75. The first kappa shape index (κ1) is 56.3. The monoisotopic (exact) mass is 1240 g/mol. The van der Waals surface area contributed by atoms with Crippen molar-refractivity contribution in [3.63, 3.8) is 0 Å². The van der Waals surface area contributed by atoms with E-state index in [1.54, 1.807) is 72.8 Å². The molecule has 4 aliphatic rings. The van der Waals surface area contributed by atoms with E-state index in [4.69, 9.17) is 0 Å². The molecule has 2 atom stereocenters. The molecule has 0 aromatic heterocycles. The lowest BCUT2D eigenvalue weighted by molar-refractivity contribution is -0.287. The average Bonchev–Trinajstić information content (AvgIpc) is 1.39. The van der Waals surface area contributed by atoms with E-state index in [-0.39, 0.29) is 44.5 Å². The van der Waals surface area contributed by atoms with Crippen molar-refractivity contribution in [1.29, 1.82) is 0 Å². The first-order valence-corrected chi connectivity index (χ1v) is 30.2. The summed E-state index contributed by atoms with van der Waals surface area (Å²) in [7, 11) is 0. The second-order valence-electron chi connectivity index (χ2n) is 26.0. The normalized spacial score (nSPS) is 18.3. The Balaban J connectivity index is 1.04. The van der Waals surface area contributed by atoms with Gasteiger partial charge >= 0.3 is 24.7 Å². The Morgan fingerprint density at radius 2 is 0.500 bits per heavy atom. The molecule has 2 unspecified atom stereocenters. The van der Waals surface area contributed by atoms with E-state index in [1.165, 1.54) is 62.4 Å². The van der Waals surface area contributed by atoms with Crippen LogP contribution in [-0.4, -0.2) is 24.7 Å². The smallest absolute Gasteiger partial charge is 0.170 e. The van der Waals surface area contributed by atoms with Crippen molar-refractivity contribution >= 4 is 43.1 Å². The van der Waals surface area contributed by atoms with Crippen molar-refractivity contribution in [3.8, 4) is 89.0 Å². The molecule has 0 bridgehead atoms. The Labute approximate surface area is 519 Å². The second-order valence-corrected chi connectivity index (χ2v) is 26.0. The summed E-state index contributed by atoms with van der Waals surface area (Å²) < 4.78 is 190. The number of fused-ring (bicyclic) bond motifs is 14. The van der Waals surface area contributed by atoms with Crippen molar-refractivity contribution < 1.29 is 52.7 Å². The number of rotatable bonds is 4. The molecule has 0 N–H and O–H groups in total. The van der Waals surface area contributed by atoms with Crippen LogP contribution in [0.2, 0.25) is 0 Å². The minimum absolute atomic E-state index is 0.0391. The summed E-state index contributed by atoms with van der Waals surface area (Å²) in [6.45, 7) is 6.73. The molecule has 0 saturated heterocycles. The molecule has 0 fully saturated rings. The average molecular weight is 1240 g/mol. The number of halogens is 12. The van der Waals surface area contributed by atoms with Gasteiger partial charge in [0.2, 0.25) is 5.41 Å². The predicted octanol–water partition coefficient (Wildman–Crippen LogP) is 23.8. The summed E-state index contributed by atoms with van der Waals surface area (Å²) in [5, 5.41) is 4.91. The summed E-state index contributed by atoms with van der Waals surface area (Å²) in [5.41, 5.74) is -2.06. The van der Waals surface area contributed by atoms with Crippen molar-refractivity contribution in [2.75, 3.05) is 0 Å². The van der Waals surface area contributed by atoms with Crippen molar-refractivity contribution in [3.05, 3.63) is 263 Å². The van der Waals surface area contributed by atoms with Gasteiger partial charge in [-0.3, -0.25) is 0 Å². The summed E-state index contributed by atoms with van der Waals surface area (Å²) in [5.74, 6) is 0. The maximum Gasteiger partial charge on any atom is 0.411 e. The zero-order chi connectivity index (χ0) is 63.9. The van der Waals surface area contributed by atoms with Crippen LogP contribution in [0.15, 0.2) is 218 Å². The highest BCUT2D eigenvalue weighted by Crippen LogP contribution is 2.66. The summed E-state index contributed by atoms with van der Waals surface area (Å²) in [4.78, 5) is 0. The molecule has 17 rings (SSSR count). The minimum Gasteiger partial charge on any atom is -0.170 e. The fourth-order valence-electron chi connectivity index (χ4n) is 17.0. The van der Waals surface area contributed by atoms with Gasteiger partial charge in [-0.15, -0.1) is 0 Å². The Kier molecular flexibility index (Phi) is 11.1. The summed E-state index contributed by atoms with van der Waals surface area (Å²) in [6, 6.07) is 60.8. The zero-order valence-corrected chi connectivity index (χ0v) is 49.3. The van der Waals surface area contributed by atoms with Crippen LogP contribution in [0.3, 0.4) is 0 Å². The zero-order valence-electron chi connectivity index (χ0n) is 49.3. The molecule has 0 nitrogen and oxygen atoms in total. The molecule has 92 heavy (non-hydrogen) atoms. The molecule has 4 aliphatic carbocycles. The van der Waals surface area contributed by atoms with Gasteiger partial charge in [-0.2, -0.15) is 52.7 Å². The van der Waals surface area contributed by atoms with E-state index in [1.807, 2.05) is 42.5 Å². The lowest BCUT2D eigenvalue weighted by Gasteiger charge is -2.35. The quantitative estimate of drug-likeness (QED) is 0.0936. The van der Waals surface area contributed by atoms with Crippen LogP contribution in [0, 0.1) is 0 Å². The fraction of sp³-hybridized carbons (Fsp3) is 0.150. The lowest BCUT2D eigenvalue weighted by atomic mass is 9.76. The van der Waals surface area contributed by atoms with E-state index in [0.717, 1.165) is 51.6 Å². The van der Waals surface area contributed by atoms with Gasteiger partial charge in [-0.05, 0) is 239 Å². The van der Waals surface area contributed by atoms with Crippen molar-refractivity contribution in [2.45, 2.75) is 74.1 Å². The second kappa shape index (κ2) is 18.1. The molecule has 452 valence electrons. The molecule has 12 heteroatoms. The van der Waals surface area contributed by atoms with E-state index in [9.17, 15) is 0 Å². The van der Waals surface area contributed by atoms with Crippen LogP contribution < -0.4 is 0 Å². The van der Waals surface area contributed by atoms with Gasteiger partial charge in [0.15, 0.2) is 0 Å². The number of alkyl halides is 12. The molecule has 0 radical (unpaired) electrons. The number of benzene rings is 13. The molecule has 0 saturated carbocycles. The van der Waals surface area contributed by atoms with Crippen LogP contribution in [0.25, 0.3) is 132 Å².